The van der Waals surface area contributed by atoms with Crippen LogP contribution in [0.3, 0.4) is 0 Å². The Bertz CT molecular complexity index is 1070. The molecule has 0 radical (unpaired) electrons. The normalized spacial score (nSPS) is 17.5. The maximum absolute atomic E-state index is 13.1. The van der Waals surface area contributed by atoms with E-state index in [0.717, 1.165) is 5.69 Å². The molecule has 0 saturated carbocycles. The van der Waals surface area contributed by atoms with Crippen LogP contribution in [-0.4, -0.2) is 87.2 Å². The smallest absolute Gasteiger partial charge is 0.243 e. The Labute approximate surface area is 194 Å². The largest absolute Gasteiger partial charge is 0.486 e. The lowest BCUT2D eigenvalue weighted by molar-refractivity contribution is -0.130. The molecule has 10 heteroatoms. The van der Waals surface area contributed by atoms with Crippen LogP contribution in [0.15, 0.2) is 53.4 Å². The molecule has 4 rings (SSSR count). The zero-order valence-electron chi connectivity index (χ0n) is 18.6. The number of sulfonamides is 1. The first-order chi connectivity index (χ1) is 15.8. The van der Waals surface area contributed by atoms with Gasteiger partial charge in [0.25, 0.3) is 0 Å². The predicted octanol–water partition coefficient (Wildman–Crippen LogP) is 1.18. The second-order valence-corrected chi connectivity index (χ2v) is 10.1. The quantitative estimate of drug-likeness (QED) is 0.642. The van der Waals surface area contributed by atoms with Gasteiger partial charge in [-0.1, -0.05) is 18.2 Å². The van der Waals surface area contributed by atoms with Gasteiger partial charge in [0.2, 0.25) is 15.9 Å². The van der Waals surface area contributed by atoms with Gasteiger partial charge in [-0.05, 0) is 31.2 Å². The molecule has 1 unspecified atom stereocenters. The average Bonchev–Trinajstić information content (AvgIpc) is 2.83. The number of carbonyl (C=O) groups excluding carboxylic acids is 1. The predicted molar refractivity (Wildman–Crippen MR) is 123 cm³/mol. The van der Waals surface area contributed by atoms with E-state index in [1.54, 1.807) is 17.9 Å². The van der Waals surface area contributed by atoms with Gasteiger partial charge in [0.1, 0.15) is 13.2 Å². The highest BCUT2D eigenvalue weighted by atomic mass is 32.2. The molecule has 0 aliphatic carbocycles. The molecule has 0 spiro atoms. The molecule has 1 atom stereocenters. The number of benzene rings is 2. The molecule has 1 saturated heterocycles. The number of para-hydroxylation sites is 1. The molecular weight excluding hydrogens is 446 g/mol. The third-order valence-corrected chi connectivity index (χ3v) is 7.57. The van der Waals surface area contributed by atoms with E-state index in [1.807, 2.05) is 35.2 Å². The minimum absolute atomic E-state index is 0.101. The number of nitrogens with zero attached hydrogens (tertiary/aromatic N) is 3. The summed E-state index contributed by atoms with van der Waals surface area (Å²) in [4.78, 5) is 16.6. The molecule has 9 nitrogen and oxygen atoms in total. The highest BCUT2D eigenvalue weighted by Crippen LogP contribution is 2.33. The summed E-state index contributed by atoms with van der Waals surface area (Å²) >= 11 is 0. The number of amides is 1. The van der Waals surface area contributed by atoms with Gasteiger partial charge >= 0.3 is 0 Å². The Morgan fingerprint density at radius 1 is 1.03 bits per heavy atom. The summed E-state index contributed by atoms with van der Waals surface area (Å²) in [6, 6.07) is 14.1. The van der Waals surface area contributed by atoms with Crippen molar-refractivity contribution in [2.75, 3.05) is 57.4 Å². The molecule has 2 aliphatic heterocycles. The standard InChI is InChI=1S/C23H29N3O6S/c1-18(27)16-25(19-5-3-2-4-6-19)17-23(28)24-9-11-26(12-10-24)33(29,30)20-7-8-21-22(15-20)32-14-13-31-21/h2-8,15,18,27H,9-14,16-17H2,1H3. The van der Waals surface area contributed by atoms with Crippen LogP contribution in [0.1, 0.15) is 6.92 Å². The zero-order chi connectivity index (χ0) is 23.4. The van der Waals surface area contributed by atoms with Crippen LogP contribution in [0.5, 0.6) is 11.5 Å². The number of anilines is 1. The van der Waals surface area contributed by atoms with Crippen molar-refractivity contribution in [1.29, 1.82) is 0 Å². The molecule has 2 aromatic carbocycles. The van der Waals surface area contributed by atoms with E-state index < -0.39 is 16.1 Å². The SMILES string of the molecule is CC(O)CN(CC(=O)N1CCN(S(=O)(=O)c2ccc3c(c2)OCCO3)CC1)c1ccccc1. The number of piperazine rings is 1. The second kappa shape index (κ2) is 9.98. The third-order valence-electron chi connectivity index (χ3n) is 5.67. The summed E-state index contributed by atoms with van der Waals surface area (Å²) in [5.41, 5.74) is 0.853. The van der Waals surface area contributed by atoms with Crippen LogP contribution in [-0.2, 0) is 14.8 Å². The van der Waals surface area contributed by atoms with E-state index in [0.29, 0.717) is 44.3 Å². The number of hydrogen-bond donors (Lipinski definition) is 1. The molecule has 0 bridgehead atoms. The number of ether oxygens (including phenoxy) is 2. The summed E-state index contributed by atoms with van der Waals surface area (Å²) < 4.78 is 38.6. The molecule has 0 aromatic heterocycles. The topological polar surface area (TPSA) is 99.6 Å². The molecule has 2 heterocycles. The van der Waals surface area contributed by atoms with Gasteiger partial charge in [-0.15, -0.1) is 0 Å². The van der Waals surface area contributed by atoms with Gasteiger partial charge in [0.05, 0.1) is 17.5 Å². The number of carbonyl (C=O) groups is 1. The van der Waals surface area contributed by atoms with Crippen LogP contribution in [0.4, 0.5) is 5.69 Å². The molecule has 2 aliphatic rings. The fraction of sp³-hybridized carbons (Fsp3) is 0.435. The summed E-state index contributed by atoms with van der Waals surface area (Å²) in [5, 5.41) is 9.86. The Balaban J connectivity index is 1.39. The number of hydrogen-bond acceptors (Lipinski definition) is 7. The highest BCUT2D eigenvalue weighted by molar-refractivity contribution is 7.89. The monoisotopic (exact) mass is 475 g/mol. The zero-order valence-corrected chi connectivity index (χ0v) is 19.4. The van der Waals surface area contributed by atoms with Crippen molar-refractivity contribution in [2.45, 2.75) is 17.9 Å². The first kappa shape index (κ1) is 23.3. The lowest BCUT2D eigenvalue weighted by Gasteiger charge is -2.36. The second-order valence-electron chi connectivity index (χ2n) is 8.16. The van der Waals surface area contributed by atoms with Crippen molar-refractivity contribution in [1.82, 2.24) is 9.21 Å². The van der Waals surface area contributed by atoms with E-state index >= 15 is 0 Å². The van der Waals surface area contributed by atoms with Crippen molar-refractivity contribution in [3.05, 3.63) is 48.5 Å². The maximum atomic E-state index is 13.1. The Morgan fingerprint density at radius 3 is 2.36 bits per heavy atom. The van der Waals surface area contributed by atoms with Crippen LogP contribution in [0, 0.1) is 0 Å². The van der Waals surface area contributed by atoms with Crippen LogP contribution < -0.4 is 14.4 Å². The molecule has 178 valence electrons. The van der Waals surface area contributed by atoms with Crippen molar-refractivity contribution < 1.29 is 27.8 Å². The number of rotatable bonds is 7. The number of fused-ring (bicyclic) bond motifs is 1. The molecule has 33 heavy (non-hydrogen) atoms. The Hall–Kier alpha value is -2.82. The first-order valence-electron chi connectivity index (χ1n) is 11.0. The number of aliphatic hydroxyl groups is 1. The van der Waals surface area contributed by atoms with E-state index in [1.165, 1.54) is 16.4 Å². The minimum Gasteiger partial charge on any atom is -0.486 e. The Kier molecular flexibility index (Phi) is 7.06. The van der Waals surface area contributed by atoms with Crippen LogP contribution in [0.25, 0.3) is 0 Å². The maximum Gasteiger partial charge on any atom is 0.243 e. The lowest BCUT2D eigenvalue weighted by atomic mass is 10.2. The van der Waals surface area contributed by atoms with E-state index in [-0.39, 0.29) is 30.4 Å². The van der Waals surface area contributed by atoms with Crippen LogP contribution >= 0.6 is 0 Å². The third kappa shape index (κ3) is 5.40. The van der Waals surface area contributed by atoms with Gasteiger partial charge < -0.3 is 24.4 Å². The lowest BCUT2D eigenvalue weighted by Crippen LogP contribution is -2.53. The van der Waals surface area contributed by atoms with Crippen LogP contribution in [0.2, 0.25) is 0 Å². The van der Waals surface area contributed by atoms with Gasteiger partial charge in [-0.3, -0.25) is 4.79 Å². The first-order valence-corrected chi connectivity index (χ1v) is 12.4. The van der Waals surface area contributed by atoms with E-state index in [9.17, 15) is 18.3 Å². The average molecular weight is 476 g/mol. The van der Waals surface area contributed by atoms with Crippen molar-refractivity contribution in [2.24, 2.45) is 0 Å². The van der Waals surface area contributed by atoms with Gasteiger partial charge in [-0.2, -0.15) is 4.31 Å². The molecule has 1 amide bonds. The summed E-state index contributed by atoms with van der Waals surface area (Å²) in [6.45, 7) is 3.98. The van der Waals surface area contributed by atoms with Gasteiger partial charge in [0.15, 0.2) is 11.5 Å². The summed E-state index contributed by atoms with van der Waals surface area (Å²) in [7, 11) is -3.71. The number of aliphatic hydroxyl groups excluding tert-OH is 1. The minimum atomic E-state index is -3.71. The fourth-order valence-corrected chi connectivity index (χ4v) is 5.43. The Morgan fingerprint density at radius 2 is 1.70 bits per heavy atom. The molecule has 2 aromatic rings. The van der Waals surface area contributed by atoms with Crippen molar-refractivity contribution in [3.8, 4) is 11.5 Å². The molecule has 1 N–H and O–H groups in total. The summed E-state index contributed by atoms with van der Waals surface area (Å²) in [6.07, 6.45) is -0.592. The highest BCUT2D eigenvalue weighted by Gasteiger charge is 2.31. The van der Waals surface area contributed by atoms with E-state index in [4.69, 9.17) is 9.47 Å². The van der Waals surface area contributed by atoms with Crippen molar-refractivity contribution in [3.63, 3.8) is 0 Å². The molecule has 1 fully saturated rings. The summed E-state index contributed by atoms with van der Waals surface area (Å²) in [5.74, 6) is 0.863. The van der Waals surface area contributed by atoms with E-state index in [2.05, 4.69) is 0 Å². The fourth-order valence-electron chi connectivity index (χ4n) is 3.99. The van der Waals surface area contributed by atoms with Gasteiger partial charge in [-0.25, -0.2) is 8.42 Å². The molecular formula is C23H29N3O6S. The van der Waals surface area contributed by atoms with Crippen molar-refractivity contribution >= 4 is 21.6 Å². The van der Waals surface area contributed by atoms with Gasteiger partial charge in [0, 0.05) is 44.5 Å².